The number of rotatable bonds is 14. The van der Waals surface area contributed by atoms with Crippen molar-refractivity contribution in [3.05, 3.63) is 30.3 Å². The van der Waals surface area contributed by atoms with Crippen LogP contribution in [0.15, 0.2) is 35.2 Å². The second kappa shape index (κ2) is 17.2. The van der Waals surface area contributed by atoms with E-state index in [4.69, 9.17) is 4.18 Å². The molecule has 1 aromatic carbocycles. The molecule has 1 aromatic rings. The minimum Gasteiger partial charge on any atom is -0.287 e. The third kappa shape index (κ3) is 13.3. The Balaban J connectivity index is 0.00000484. The third-order valence-electron chi connectivity index (χ3n) is 3.87. The second-order valence-electron chi connectivity index (χ2n) is 5.91. The van der Waals surface area contributed by atoms with Gasteiger partial charge in [-0.2, -0.15) is 0 Å². The van der Waals surface area contributed by atoms with E-state index in [0.717, 1.165) is 11.3 Å². The van der Waals surface area contributed by atoms with Crippen LogP contribution < -0.4 is 0 Å². The molecule has 0 heterocycles. The number of hydrogen-bond acceptors (Lipinski definition) is 2. The Hall–Kier alpha value is 0.330. The Labute approximate surface area is 167 Å². The molecule has 0 saturated heterocycles. The van der Waals surface area contributed by atoms with Crippen molar-refractivity contribution >= 4 is 40.6 Å². The number of benzene rings is 1. The summed E-state index contributed by atoms with van der Waals surface area (Å²) < 4.78 is 17.2. The molecule has 0 aromatic heterocycles. The molecule has 0 bridgehead atoms. The zero-order valence-corrected chi connectivity index (χ0v) is 17.9. The summed E-state index contributed by atoms with van der Waals surface area (Å²) in [6.45, 7) is 2.86. The van der Waals surface area contributed by atoms with Crippen LogP contribution in [0.4, 0.5) is 0 Å². The van der Waals surface area contributed by atoms with Crippen LogP contribution in [0.2, 0.25) is 0 Å². The largest absolute Gasteiger partial charge is 0.287 e. The quantitative estimate of drug-likeness (QED) is 0.321. The Bertz CT molecular complexity index is 384. The standard InChI is InChI=1S/C19H32O2S.Na/c1-2-3-4-5-6-7-8-9-10-11-15-18-21-22(20)19-16-13-12-14-17-19;/h12-14,16-17H,2-11,15,18H2,1H3;. The van der Waals surface area contributed by atoms with E-state index >= 15 is 0 Å². The molecule has 1 radical (unpaired) electrons. The Morgan fingerprint density at radius 3 is 1.78 bits per heavy atom. The van der Waals surface area contributed by atoms with Crippen molar-refractivity contribution < 1.29 is 8.39 Å². The maximum atomic E-state index is 11.8. The van der Waals surface area contributed by atoms with Gasteiger partial charge in [0.05, 0.1) is 11.5 Å². The molecule has 0 N–H and O–H groups in total. The van der Waals surface area contributed by atoms with E-state index in [1.165, 1.54) is 64.2 Å². The maximum Gasteiger partial charge on any atom is 0.189 e. The molecule has 1 atom stereocenters. The monoisotopic (exact) mass is 347 g/mol. The fourth-order valence-electron chi connectivity index (χ4n) is 2.50. The predicted molar refractivity (Wildman–Crippen MR) is 101 cm³/mol. The van der Waals surface area contributed by atoms with E-state index in [9.17, 15) is 4.21 Å². The maximum absolute atomic E-state index is 11.8. The molecule has 1 unspecified atom stereocenters. The summed E-state index contributed by atoms with van der Waals surface area (Å²) in [5.74, 6) is 0. The van der Waals surface area contributed by atoms with Crippen LogP contribution in [0.5, 0.6) is 0 Å². The first-order valence-corrected chi connectivity index (χ1v) is 10.0. The molecule has 0 aliphatic carbocycles. The van der Waals surface area contributed by atoms with Gasteiger partial charge < -0.3 is 0 Å². The van der Waals surface area contributed by atoms with Gasteiger partial charge in [0.15, 0.2) is 11.1 Å². The molecule has 4 heteroatoms. The van der Waals surface area contributed by atoms with E-state index < -0.39 is 11.1 Å². The van der Waals surface area contributed by atoms with Gasteiger partial charge in [-0.25, -0.2) is 4.21 Å². The van der Waals surface area contributed by atoms with Crippen LogP contribution in [-0.4, -0.2) is 40.4 Å². The summed E-state index contributed by atoms with van der Waals surface area (Å²) in [6.07, 6.45) is 14.5. The van der Waals surface area contributed by atoms with E-state index in [1.807, 2.05) is 30.3 Å². The van der Waals surface area contributed by atoms with Gasteiger partial charge >= 0.3 is 0 Å². The second-order valence-corrected chi connectivity index (χ2v) is 7.08. The van der Waals surface area contributed by atoms with Crippen molar-refractivity contribution in [2.75, 3.05) is 6.61 Å². The first-order valence-electron chi connectivity index (χ1n) is 8.94. The molecule has 0 spiro atoms. The van der Waals surface area contributed by atoms with Gasteiger partial charge in [0.2, 0.25) is 0 Å². The zero-order valence-electron chi connectivity index (χ0n) is 15.1. The molecule has 127 valence electrons. The molecule has 0 amide bonds. The molecule has 0 aliphatic rings. The summed E-state index contributed by atoms with van der Waals surface area (Å²) in [6, 6.07) is 9.38. The number of unbranched alkanes of at least 4 members (excludes halogenated alkanes) is 10. The van der Waals surface area contributed by atoms with E-state index in [2.05, 4.69) is 6.92 Å². The summed E-state index contributed by atoms with van der Waals surface area (Å²) in [7, 11) is 0. The van der Waals surface area contributed by atoms with Crippen molar-refractivity contribution in [3.63, 3.8) is 0 Å². The average Bonchev–Trinajstić information content (AvgIpc) is 2.56. The van der Waals surface area contributed by atoms with Gasteiger partial charge in [-0.1, -0.05) is 89.3 Å². The third-order valence-corrected chi connectivity index (χ3v) is 4.91. The minimum absolute atomic E-state index is 0. The molecule has 23 heavy (non-hydrogen) atoms. The SMILES string of the molecule is CCCCCCCCCCCCCOS(=O)c1ccccc1.[Na]. The molecule has 1 rings (SSSR count). The predicted octanol–water partition coefficient (Wildman–Crippen LogP) is 5.66. The van der Waals surface area contributed by atoms with Crippen LogP contribution in [0, 0.1) is 0 Å². The van der Waals surface area contributed by atoms with Crippen molar-refractivity contribution in [1.29, 1.82) is 0 Å². The van der Waals surface area contributed by atoms with Gasteiger partial charge in [0.25, 0.3) is 0 Å². The summed E-state index contributed by atoms with van der Waals surface area (Å²) in [5, 5.41) is 0. The molecule has 0 saturated carbocycles. The van der Waals surface area contributed by atoms with Crippen LogP contribution in [0.3, 0.4) is 0 Å². The Morgan fingerprint density at radius 2 is 1.26 bits per heavy atom. The first-order chi connectivity index (χ1) is 10.8. The number of hydrogen-bond donors (Lipinski definition) is 0. The van der Waals surface area contributed by atoms with Gasteiger partial charge in [0, 0.05) is 29.6 Å². The smallest absolute Gasteiger partial charge is 0.189 e. The average molecular weight is 348 g/mol. The van der Waals surface area contributed by atoms with Crippen LogP contribution in [0.25, 0.3) is 0 Å². The van der Waals surface area contributed by atoms with Crippen molar-refractivity contribution in [2.45, 2.75) is 82.4 Å². The van der Waals surface area contributed by atoms with E-state index in [0.29, 0.717) is 6.61 Å². The molecule has 2 nitrogen and oxygen atoms in total. The fourth-order valence-corrected chi connectivity index (χ4v) is 3.29. The van der Waals surface area contributed by atoms with E-state index in [1.54, 1.807) is 0 Å². The van der Waals surface area contributed by atoms with Crippen molar-refractivity contribution in [2.24, 2.45) is 0 Å². The van der Waals surface area contributed by atoms with Crippen LogP contribution in [0.1, 0.15) is 77.6 Å². The molecular weight excluding hydrogens is 315 g/mol. The van der Waals surface area contributed by atoms with Crippen LogP contribution >= 0.6 is 0 Å². The van der Waals surface area contributed by atoms with Crippen LogP contribution in [-0.2, 0) is 15.3 Å². The van der Waals surface area contributed by atoms with Gasteiger partial charge in [-0.3, -0.25) is 4.18 Å². The first kappa shape index (κ1) is 23.3. The van der Waals surface area contributed by atoms with Gasteiger partial charge in [-0.05, 0) is 18.6 Å². The zero-order chi connectivity index (χ0) is 15.9. The summed E-state index contributed by atoms with van der Waals surface area (Å²) >= 11 is -1.30. The van der Waals surface area contributed by atoms with Gasteiger partial charge in [0.1, 0.15) is 0 Å². The molecule has 0 fully saturated rings. The summed E-state index contributed by atoms with van der Waals surface area (Å²) in [5.41, 5.74) is 0. The topological polar surface area (TPSA) is 26.3 Å². The normalized spacial score (nSPS) is 11.9. The fraction of sp³-hybridized carbons (Fsp3) is 0.684. The Kier molecular flexibility index (Phi) is 17.4. The van der Waals surface area contributed by atoms with E-state index in [-0.39, 0.29) is 29.6 Å². The minimum atomic E-state index is -1.30. The molecule has 0 aliphatic heterocycles. The van der Waals surface area contributed by atoms with Crippen molar-refractivity contribution in [1.82, 2.24) is 0 Å². The van der Waals surface area contributed by atoms with Crippen molar-refractivity contribution in [3.8, 4) is 0 Å². The van der Waals surface area contributed by atoms with Gasteiger partial charge in [-0.15, -0.1) is 0 Å². The Morgan fingerprint density at radius 1 is 0.783 bits per heavy atom. The summed E-state index contributed by atoms with van der Waals surface area (Å²) in [4.78, 5) is 0.755. The molecular formula is C19H32NaO2S.